The van der Waals surface area contributed by atoms with Gasteiger partial charge in [-0.15, -0.1) is 0 Å². The Balaban J connectivity index is 1.51. The summed E-state index contributed by atoms with van der Waals surface area (Å²) < 4.78 is 11.3. The highest BCUT2D eigenvalue weighted by Gasteiger charge is 2.37. The summed E-state index contributed by atoms with van der Waals surface area (Å²) in [6, 6.07) is 6.30. The van der Waals surface area contributed by atoms with Crippen LogP contribution in [-0.2, 0) is 6.54 Å². The van der Waals surface area contributed by atoms with Crippen molar-refractivity contribution in [3.8, 4) is 22.8 Å². The molecule has 0 bridgehead atoms. The molecule has 0 saturated heterocycles. The predicted molar refractivity (Wildman–Crippen MR) is 94.7 cm³/mol. The van der Waals surface area contributed by atoms with Crippen molar-refractivity contribution in [2.75, 3.05) is 19.8 Å². The Hall–Kier alpha value is -2.05. The van der Waals surface area contributed by atoms with E-state index in [-0.39, 0.29) is 12.0 Å². The molecule has 0 radical (unpaired) electrons. The van der Waals surface area contributed by atoms with Crippen LogP contribution in [0.1, 0.15) is 31.7 Å². The van der Waals surface area contributed by atoms with Gasteiger partial charge in [-0.1, -0.05) is 13.3 Å². The van der Waals surface area contributed by atoms with Crippen molar-refractivity contribution in [3.63, 3.8) is 0 Å². The Bertz CT molecular complexity index is 745. The summed E-state index contributed by atoms with van der Waals surface area (Å²) >= 11 is 0. The molecular weight excluding hydrogens is 318 g/mol. The van der Waals surface area contributed by atoms with E-state index in [0.29, 0.717) is 19.3 Å². The molecule has 2 aromatic rings. The maximum atomic E-state index is 9.71. The number of nitrogens with zero attached hydrogens (tertiary/aromatic N) is 1. The number of benzene rings is 1. The van der Waals surface area contributed by atoms with Gasteiger partial charge in [0.15, 0.2) is 11.5 Å². The largest absolute Gasteiger partial charge is 0.486 e. The molecule has 1 aliphatic heterocycles. The quantitative estimate of drug-likeness (QED) is 0.777. The zero-order valence-corrected chi connectivity index (χ0v) is 14.5. The van der Waals surface area contributed by atoms with Crippen molar-refractivity contribution in [2.45, 2.75) is 38.8 Å². The minimum absolute atomic E-state index is 0.0269. The zero-order chi connectivity index (χ0) is 17.3. The van der Waals surface area contributed by atoms with Crippen molar-refractivity contribution in [3.05, 3.63) is 30.0 Å². The third-order valence-corrected chi connectivity index (χ3v) is 5.53. The number of ether oxygens (including phenoxy) is 2. The molecule has 1 saturated carbocycles. The van der Waals surface area contributed by atoms with Gasteiger partial charge in [0.05, 0.1) is 11.9 Å². The smallest absolute Gasteiger partial charge is 0.162 e. The van der Waals surface area contributed by atoms with Crippen LogP contribution in [0.2, 0.25) is 0 Å². The second-order valence-corrected chi connectivity index (χ2v) is 7.27. The normalized spacial score (nSPS) is 25.3. The van der Waals surface area contributed by atoms with Gasteiger partial charge >= 0.3 is 0 Å². The lowest BCUT2D eigenvalue weighted by atomic mass is 9.85. The van der Waals surface area contributed by atoms with Crippen LogP contribution in [0.3, 0.4) is 0 Å². The summed E-state index contributed by atoms with van der Waals surface area (Å²) in [5.41, 5.74) is 3.12. The van der Waals surface area contributed by atoms with Gasteiger partial charge < -0.3 is 19.9 Å². The highest BCUT2D eigenvalue weighted by atomic mass is 16.6. The second-order valence-electron chi connectivity index (χ2n) is 7.27. The molecule has 1 fully saturated rings. The summed E-state index contributed by atoms with van der Waals surface area (Å²) in [7, 11) is 0. The number of hydrogen-bond acceptors (Lipinski definition) is 5. The first-order valence-electron chi connectivity index (χ1n) is 8.96. The fraction of sp³-hybridized carbons (Fsp3) is 0.526. The summed E-state index contributed by atoms with van der Waals surface area (Å²) in [4.78, 5) is 0. The lowest BCUT2D eigenvalue weighted by Gasteiger charge is -2.30. The first kappa shape index (κ1) is 16.4. The summed E-state index contributed by atoms with van der Waals surface area (Å²) in [5, 5.41) is 20.7. The Morgan fingerprint density at radius 1 is 1.32 bits per heavy atom. The van der Waals surface area contributed by atoms with E-state index in [9.17, 15) is 5.11 Å². The van der Waals surface area contributed by atoms with E-state index in [4.69, 9.17) is 9.47 Å². The number of aromatic amines is 1. The number of rotatable bonds is 5. The fourth-order valence-corrected chi connectivity index (χ4v) is 3.90. The van der Waals surface area contributed by atoms with E-state index in [2.05, 4.69) is 22.4 Å². The number of aliphatic hydroxyl groups is 1. The molecule has 6 heteroatoms. The second kappa shape index (κ2) is 6.69. The fourth-order valence-electron chi connectivity index (χ4n) is 3.90. The van der Waals surface area contributed by atoms with Crippen LogP contribution < -0.4 is 14.8 Å². The van der Waals surface area contributed by atoms with E-state index in [1.807, 2.05) is 24.4 Å². The lowest BCUT2D eigenvalue weighted by molar-refractivity contribution is 0.118. The van der Waals surface area contributed by atoms with Gasteiger partial charge in [0.1, 0.15) is 13.2 Å². The van der Waals surface area contributed by atoms with Crippen LogP contribution in [0.25, 0.3) is 11.3 Å². The minimum atomic E-state index is -0.0269. The molecule has 1 aromatic heterocycles. The Kier molecular flexibility index (Phi) is 4.39. The number of hydrogen-bond donors (Lipinski definition) is 3. The van der Waals surface area contributed by atoms with Crippen LogP contribution in [0.5, 0.6) is 11.5 Å². The molecule has 0 spiro atoms. The average Bonchev–Trinajstić information content (AvgIpc) is 3.26. The Labute approximate surface area is 147 Å². The monoisotopic (exact) mass is 343 g/mol. The zero-order valence-electron chi connectivity index (χ0n) is 14.5. The molecular formula is C19H25N3O3. The predicted octanol–water partition coefficient (Wildman–Crippen LogP) is 2.49. The Morgan fingerprint density at radius 3 is 3.00 bits per heavy atom. The average molecular weight is 343 g/mol. The van der Waals surface area contributed by atoms with Crippen molar-refractivity contribution < 1.29 is 14.6 Å². The van der Waals surface area contributed by atoms with Gasteiger partial charge in [-0.2, -0.15) is 5.10 Å². The maximum absolute atomic E-state index is 9.71. The summed E-state index contributed by atoms with van der Waals surface area (Å²) in [6.45, 7) is 4.28. The number of H-pyrrole nitrogens is 1. The molecule has 2 atom stereocenters. The molecule has 25 heavy (non-hydrogen) atoms. The maximum Gasteiger partial charge on any atom is 0.162 e. The van der Waals surface area contributed by atoms with Gasteiger partial charge in [0.25, 0.3) is 0 Å². The van der Waals surface area contributed by atoms with Crippen LogP contribution in [0.15, 0.2) is 24.4 Å². The van der Waals surface area contributed by atoms with Gasteiger partial charge in [0.2, 0.25) is 0 Å². The van der Waals surface area contributed by atoms with Gasteiger partial charge in [-0.25, -0.2) is 0 Å². The van der Waals surface area contributed by atoms with E-state index in [1.165, 1.54) is 0 Å². The standard InChI is InChI=1S/C19H25N3O3/c1-19(12-23)6-2-3-17(19)20-10-14-11-21-22-18(14)13-4-5-15-16(9-13)25-8-7-24-15/h4-5,9,11,17,20,23H,2-3,6-8,10,12H2,1H3,(H,21,22). The topological polar surface area (TPSA) is 79.4 Å². The molecule has 6 nitrogen and oxygen atoms in total. The number of fused-ring (bicyclic) bond motifs is 1. The summed E-state index contributed by atoms with van der Waals surface area (Å²) in [5.74, 6) is 1.57. The number of nitrogens with one attached hydrogen (secondary N) is 2. The molecule has 2 heterocycles. The highest BCUT2D eigenvalue weighted by molar-refractivity contribution is 5.66. The molecule has 2 aliphatic rings. The van der Waals surface area contributed by atoms with Crippen molar-refractivity contribution in [1.29, 1.82) is 0 Å². The van der Waals surface area contributed by atoms with Gasteiger partial charge in [-0.05, 0) is 31.0 Å². The molecule has 0 amide bonds. The molecule has 3 N–H and O–H groups in total. The molecule has 134 valence electrons. The summed E-state index contributed by atoms with van der Waals surface area (Å²) in [6.07, 6.45) is 5.20. The molecule has 1 aliphatic carbocycles. The van der Waals surface area contributed by atoms with E-state index >= 15 is 0 Å². The van der Waals surface area contributed by atoms with Crippen molar-refractivity contribution in [2.24, 2.45) is 5.41 Å². The van der Waals surface area contributed by atoms with E-state index in [1.54, 1.807) is 0 Å². The van der Waals surface area contributed by atoms with Crippen LogP contribution in [0, 0.1) is 5.41 Å². The third kappa shape index (κ3) is 3.12. The van der Waals surface area contributed by atoms with Crippen molar-refractivity contribution >= 4 is 0 Å². The highest BCUT2D eigenvalue weighted by Crippen LogP contribution is 2.38. The van der Waals surface area contributed by atoms with E-state index < -0.39 is 0 Å². The van der Waals surface area contributed by atoms with Gasteiger partial charge in [-0.3, -0.25) is 5.10 Å². The minimum Gasteiger partial charge on any atom is -0.486 e. The first-order chi connectivity index (χ1) is 12.2. The third-order valence-electron chi connectivity index (χ3n) is 5.53. The number of aliphatic hydroxyl groups excluding tert-OH is 1. The van der Waals surface area contributed by atoms with Crippen LogP contribution >= 0.6 is 0 Å². The Morgan fingerprint density at radius 2 is 2.16 bits per heavy atom. The van der Waals surface area contributed by atoms with Crippen molar-refractivity contribution in [1.82, 2.24) is 15.5 Å². The van der Waals surface area contributed by atoms with Gasteiger partial charge in [0, 0.05) is 35.7 Å². The SMILES string of the molecule is CC1(CO)CCCC1NCc1cn[nH]c1-c1ccc2c(c1)OCCO2. The van der Waals surface area contributed by atoms with E-state index in [0.717, 1.165) is 54.1 Å². The van der Waals surface area contributed by atoms with Crippen LogP contribution in [0.4, 0.5) is 0 Å². The molecule has 2 unspecified atom stereocenters. The number of aromatic nitrogens is 2. The van der Waals surface area contributed by atoms with Crippen LogP contribution in [-0.4, -0.2) is 41.2 Å². The molecule has 4 rings (SSSR count). The molecule has 1 aromatic carbocycles. The lowest BCUT2D eigenvalue weighted by Crippen LogP contribution is -2.41. The first-order valence-corrected chi connectivity index (χ1v) is 8.96.